The molecule has 0 aliphatic heterocycles. The summed E-state index contributed by atoms with van der Waals surface area (Å²) in [6, 6.07) is 9.19. The average Bonchev–Trinajstić information content (AvgIpc) is 2.46. The maximum Gasteiger partial charge on any atom is 0.358 e. The lowest BCUT2D eigenvalue weighted by Crippen LogP contribution is -2.08. The number of benzene rings is 1. The van der Waals surface area contributed by atoms with E-state index in [1.165, 1.54) is 7.11 Å². The van der Waals surface area contributed by atoms with E-state index in [9.17, 15) is 4.79 Å². The van der Waals surface area contributed by atoms with Crippen molar-refractivity contribution < 1.29 is 14.3 Å². The van der Waals surface area contributed by atoms with Gasteiger partial charge in [-0.3, -0.25) is 0 Å². The van der Waals surface area contributed by atoms with Gasteiger partial charge in [0.05, 0.1) is 19.9 Å². The number of rotatable bonds is 3. The van der Waals surface area contributed by atoms with E-state index < -0.39 is 5.97 Å². The third kappa shape index (κ3) is 2.49. The van der Waals surface area contributed by atoms with Crippen molar-refractivity contribution in [1.82, 2.24) is 4.98 Å². The predicted molar refractivity (Wildman–Crippen MR) is 72.0 cm³/mol. The Morgan fingerprint density at radius 1 is 1.26 bits per heavy atom. The highest BCUT2D eigenvalue weighted by atomic mass is 16.5. The second kappa shape index (κ2) is 5.39. The van der Waals surface area contributed by atoms with Crippen LogP contribution >= 0.6 is 0 Å². The van der Waals surface area contributed by atoms with E-state index in [1.807, 2.05) is 24.3 Å². The normalized spacial score (nSPS) is 10.0. The molecule has 0 aliphatic carbocycles. The van der Waals surface area contributed by atoms with Gasteiger partial charge in [-0.1, -0.05) is 18.2 Å². The van der Waals surface area contributed by atoms with E-state index in [2.05, 4.69) is 9.72 Å². The van der Waals surface area contributed by atoms with Crippen molar-refractivity contribution in [2.75, 3.05) is 20.0 Å². The zero-order chi connectivity index (χ0) is 13.8. The van der Waals surface area contributed by atoms with Crippen molar-refractivity contribution in [3.05, 3.63) is 42.2 Å². The van der Waals surface area contributed by atoms with Crippen molar-refractivity contribution in [2.45, 2.75) is 0 Å². The highest BCUT2D eigenvalue weighted by Crippen LogP contribution is 2.30. The third-order valence-electron chi connectivity index (χ3n) is 2.71. The van der Waals surface area contributed by atoms with Gasteiger partial charge in [0.1, 0.15) is 5.75 Å². The fourth-order valence-corrected chi connectivity index (χ4v) is 1.78. The number of carbonyl (C=O) groups is 1. The summed E-state index contributed by atoms with van der Waals surface area (Å²) >= 11 is 0. The molecule has 0 atom stereocenters. The van der Waals surface area contributed by atoms with Crippen LogP contribution in [0.4, 0.5) is 5.69 Å². The van der Waals surface area contributed by atoms with Gasteiger partial charge in [0, 0.05) is 17.3 Å². The van der Waals surface area contributed by atoms with E-state index in [0.29, 0.717) is 0 Å². The van der Waals surface area contributed by atoms with Gasteiger partial charge in [0.2, 0.25) is 0 Å². The van der Waals surface area contributed by atoms with Gasteiger partial charge in [-0.2, -0.15) is 0 Å². The Kier molecular flexibility index (Phi) is 3.66. The van der Waals surface area contributed by atoms with E-state index in [1.54, 1.807) is 19.4 Å². The lowest BCUT2D eigenvalue weighted by atomic mass is 10.1. The first-order valence-corrected chi connectivity index (χ1v) is 5.64. The van der Waals surface area contributed by atoms with Crippen LogP contribution in [0.5, 0.6) is 5.75 Å². The fourth-order valence-electron chi connectivity index (χ4n) is 1.78. The number of ether oxygens (including phenoxy) is 2. The van der Waals surface area contributed by atoms with Gasteiger partial charge in [-0.25, -0.2) is 9.78 Å². The molecule has 0 saturated carbocycles. The van der Waals surface area contributed by atoms with Gasteiger partial charge in [-0.15, -0.1) is 0 Å². The van der Waals surface area contributed by atoms with Crippen molar-refractivity contribution in [1.29, 1.82) is 0 Å². The maximum atomic E-state index is 11.4. The molecule has 19 heavy (non-hydrogen) atoms. The molecule has 98 valence electrons. The Hall–Kier alpha value is -2.56. The topological polar surface area (TPSA) is 74.4 Å². The molecular formula is C14H14N2O3. The zero-order valence-corrected chi connectivity index (χ0v) is 10.7. The largest absolute Gasteiger partial charge is 0.496 e. The van der Waals surface area contributed by atoms with Crippen LogP contribution in [0.25, 0.3) is 11.1 Å². The Labute approximate surface area is 111 Å². The summed E-state index contributed by atoms with van der Waals surface area (Å²) in [5, 5.41) is 0. The minimum atomic E-state index is -0.552. The second-order valence-corrected chi connectivity index (χ2v) is 3.85. The molecule has 0 radical (unpaired) electrons. The maximum absolute atomic E-state index is 11.4. The summed E-state index contributed by atoms with van der Waals surface area (Å²) in [5.74, 6) is 0.165. The Balaban J connectivity index is 2.47. The van der Waals surface area contributed by atoms with Crippen molar-refractivity contribution in [3.63, 3.8) is 0 Å². The molecule has 0 spiro atoms. The molecule has 0 bridgehead atoms. The summed E-state index contributed by atoms with van der Waals surface area (Å²) in [5.41, 5.74) is 7.85. The number of anilines is 1. The van der Waals surface area contributed by atoms with Crippen LogP contribution in [0.1, 0.15) is 10.5 Å². The van der Waals surface area contributed by atoms with E-state index in [4.69, 9.17) is 10.5 Å². The number of nitrogen functional groups attached to an aromatic ring is 1. The second-order valence-electron chi connectivity index (χ2n) is 3.85. The van der Waals surface area contributed by atoms with Crippen LogP contribution in [0.3, 0.4) is 0 Å². The van der Waals surface area contributed by atoms with Gasteiger partial charge in [-0.05, 0) is 12.1 Å². The summed E-state index contributed by atoms with van der Waals surface area (Å²) in [6.45, 7) is 0. The molecule has 1 aromatic carbocycles. The van der Waals surface area contributed by atoms with Crippen LogP contribution in [-0.2, 0) is 4.74 Å². The van der Waals surface area contributed by atoms with Crippen molar-refractivity contribution >= 4 is 11.7 Å². The highest BCUT2D eigenvalue weighted by molar-refractivity contribution is 5.93. The summed E-state index contributed by atoms with van der Waals surface area (Å²) in [4.78, 5) is 15.5. The molecule has 2 N–H and O–H groups in total. The number of nitrogens with zero attached hydrogens (tertiary/aromatic N) is 1. The molecule has 2 aromatic rings. The first-order valence-electron chi connectivity index (χ1n) is 5.64. The van der Waals surface area contributed by atoms with Gasteiger partial charge >= 0.3 is 5.97 Å². The number of esters is 1. The van der Waals surface area contributed by atoms with E-state index in [-0.39, 0.29) is 11.4 Å². The lowest BCUT2D eigenvalue weighted by Gasteiger charge is -2.09. The molecule has 1 aromatic heterocycles. The average molecular weight is 258 g/mol. The van der Waals surface area contributed by atoms with Gasteiger partial charge in [0.25, 0.3) is 0 Å². The molecular weight excluding hydrogens is 244 g/mol. The summed E-state index contributed by atoms with van der Waals surface area (Å²) < 4.78 is 9.88. The van der Waals surface area contributed by atoms with Crippen LogP contribution in [0.2, 0.25) is 0 Å². The third-order valence-corrected chi connectivity index (χ3v) is 2.71. The van der Waals surface area contributed by atoms with E-state index in [0.717, 1.165) is 16.9 Å². The number of hydrogen-bond donors (Lipinski definition) is 1. The number of nitrogens with two attached hydrogens (primary N) is 1. The standard InChI is InChI=1S/C14H14N2O3/c1-18-12-6-4-3-5-10(12)9-7-11(15)13(16-8-9)14(17)19-2/h3-8H,15H2,1-2H3. The SMILES string of the molecule is COC(=O)c1ncc(-c2ccccc2OC)cc1N. The fraction of sp³-hybridized carbons (Fsp3) is 0.143. The number of carbonyl (C=O) groups excluding carboxylic acids is 1. The first-order chi connectivity index (χ1) is 9.17. The summed E-state index contributed by atoms with van der Waals surface area (Å²) in [7, 11) is 2.88. The quantitative estimate of drug-likeness (QED) is 0.853. The minimum Gasteiger partial charge on any atom is -0.496 e. The molecule has 5 nitrogen and oxygen atoms in total. The van der Waals surface area contributed by atoms with Crippen LogP contribution < -0.4 is 10.5 Å². The Morgan fingerprint density at radius 3 is 2.63 bits per heavy atom. The first kappa shape index (κ1) is 12.9. The molecule has 0 unspecified atom stereocenters. The molecule has 0 amide bonds. The molecule has 2 rings (SSSR count). The molecule has 0 fully saturated rings. The number of hydrogen-bond acceptors (Lipinski definition) is 5. The van der Waals surface area contributed by atoms with Gasteiger partial charge in [0.15, 0.2) is 5.69 Å². The summed E-state index contributed by atoms with van der Waals surface area (Å²) in [6.07, 6.45) is 1.57. The molecule has 0 aliphatic rings. The number of pyridine rings is 1. The van der Waals surface area contributed by atoms with Crippen molar-refractivity contribution in [3.8, 4) is 16.9 Å². The van der Waals surface area contributed by atoms with E-state index >= 15 is 0 Å². The molecule has 0 saturated heterocycles. The lowest BCUT2D eigenvalue weighted by molar-refractivity contribution is 0.0595. The van der Waals surface area contributed by atoms with Crippen molar-refractivity contribution in [2.24, 2.45) is 0 Å². The number of para-hydroxylation sites is 1. The number of aromatic nitrogens is 1. The highest BCUT2D eigenvalue weighted by Gasteiger charge is 2.14. The number of methoxy groups -OCH3 is 2. The smallest absolute Gasteiger partial charge is 0.358 e. The molecule has 5 heteroatoms. The van der Waals surface area contributed by atoms with Crippen LogP contribution in [-0.4, -0.2) is 25.2 Å². The Morgan fingerprint density at radius 2 is 2.00 bits per heavy atom. The zero-order valence-electron chi connectivity index (χ0n) is 10.7. The van der Waals surface area contributed by atoms with Crippen LogP contribution in [0.15, 0.2) is 36.5 Å². The monoisotopic (exact) mass is 258 g/mol. The predicted octanol–water partition coefficient (Wildman–Crippen LogP) is 2.13. The minimum absolute atomic E-state index is 0.112. The molecule has 1 heterocycles. The Bertz CT molecular complexity index is 611. The van der Waals surface area contributed by atoms with Gasteiger partial charge < -0.3 is 15.2 Å². The van der Waals surface area contributed by atoms with Crippen LogP contribution in [0, 0.1) is 0 Å².